The van der Waals surface area contributed by atoms with Gasteiger partial charge in [0.15, 0.2) is 5.78 Å². The minimum atomic E-state index is -0.549. The lowest BCUT2D eigenvalue weighted by Gasteiger charge is -2.55. The Balaban J connectivity index is 1.75. The van der Waals surface area contributed by atoms with Crippen molar-refractivity contribution in [3.05, 3.63) is 66.1 Å². The maximum atomic E-state index is 13.2. The molecule has 146 valence electrons. The molecule has 1 aromatic carbocycles. The molecule has 3 aliphatic rings. The fourth-order valence-electron chi connectivity index (χ4n) is 5.87. The first-order valence-corrected chi connectivity index (χ1v) is 10.0. The molecule has 5 unspecified atom stereocenters. The fourth-order valence-corrected chi connectivity index (χ4v) is 5.87. The Labute approximate surface area is 167 Å². The number of carbonyl (C=O) groups excluding carboxylic acids is 1. The van der Waals surface area contributed by atoms with Crippen LogP contribution < -0.4 is 0 Å². The van der Waals surface area contributed by atoms with Crippen molar-refractivity contribution in [2.75, 3.05) is 13.2 Å². The standard InChI is InChI=1S/C23H21N3O3/c1-23-8-7-17(28)19-18-13-5-2-3-6-16(13)26(22-24-9-4-10-25-22)21(18)15(12-29-23)14(11-27)20(19)23/h2-10,14-15,19-20,27H,11-12H2,1H3. The lowest BCUT2D eigenvalue weighted by atomic mass is 9.56. The number of hydrogen-bond acceptors (Lipinski definition) is 5. The Morgan fingerprint density at radius 3 is 2.83 bits per heavy atom. The predicted octanol–water partition coefficient (Wildman–Crippen LogP) is 2.75. The van der Waals surface area contributed by atoms with Gasteiger partial charge < -0.3 is 9.84 Å². The van der Waals surface area contributed by atoms with E-state index in [0.29, 0.717) is 12.6 Å². The molecule has 1 aliphatic heterocycles. The predicted molar refractivity (Wildman–Crippen MR) is 107 cm³/mol. The number of carbonyl (C=O) groups is 1. The second-order valence-corrected chi connectivity index (χ2v) is 8.39. The van der Waals surface area contributed by atoms with Crippen LogP contribution in [0.5, 0.6) is 0 Å². The first-order chi connectivity index (χ1) is 14.1. The van der Waals surface area contributed by atoms with Gasteiger partial charge in [-0.25, -0.2) is 9.97 Å². The van der Waals surface area contributed by atoms with Crippen molar-refractivity contribution in [3.63, 3.8) is 0 Å². The Morgan fingerprint density at radius 2 is 2.03 bits per heavy atom. The summed E-state index contributed by atoms with van der Waals surface area (Å²) in [6.07, 6.45) is 7.00. The molecule has 2 aromatic heterocycles. The number of aliphatic hydroxyl groups excluding tert-OH is 1. The molecule has 6 nitrogen and oxygen atoms in total. The third kappa shape index (κ3) is 2.10. The van der Waals surface area contributed by atoms with Crippen LogP contribution in [-0.4, -0.2) is 44.2 Å². The fraction of sp³-hybridized carbons (Fsp3) is 0.348. The van der Waals surface area contributed by atoms with Gasteiger partial charge in [-0.05, 0) is 42.7 Å². The van der Waals surface area contributed by atoms with Crippen LogP contribution in [0.15, 0.2) is 54.9 Å². The number of hydrogen-bond donors (Lipinski definition) is 1. The maximum absolute atomic E-state index is 13.2. The van der Waals surface area contributed by atoms with Crippen LogP contribution in [0.3, 0.4) is 0 Å². The third-order valence-electron chi connectivity index (χ3n) is 7.04. The van der Waals surface area contributed by atoms with Gasteiger partial charge in [0, 0.05) is 41.9 Å². The average Bonchev–Trinajstić information content (AvgIpc) is 3.10. The van der Waals surface area contributed by atoms with Crippen molar-refractivity contribution in [2.24, 2.45) is 11.8 Å². The molecule has 29 heavy (non-hydrogen) atoms. The molecule has 6 heteroatoms. The van der Waals surface area contributed by atoms with Gasteiger partial charge in [-0.3, -0.25) is 9.36 Å². The zero-order valence-electron chi connectivity index (χ0n) is 16.0. The summed E-state index contributed by atoms with van der Waals surface area (Å²) < 4.78 is 8.38. The topological polar surface area (TPSA) is 77.2 Å². The molecular formula is C23H21N3O3. The molecule has 0 spiro atoms. The van der Waals surface area contributed by atoms with Gasteiger partial charge in [-0.15, -0.1) is 0 Å². The first kappa shape index (κ1) is 17.1. The monoisotopic (exact) mass is 387 g/mol. The highest BCUT2D eigenvalue weighted by Crippen LogP contribution is 2.59. The first-order valence-electron chi connectivity index (χ1n) is 10.0. The van der Waals surface area contributed by atoms with E-state index in [4.69, 9.17) is 4.74 Å². The van der Waals surface area contributed by atoms with Gasteiger partial charge in [-0.2, -0.15) is 0 Å². The van der Waals surface area contributed by atoms with Crippen molar-refractivity contribution >= 4 is 16.7 Å². The average molecular weight is 387 g/mol. The Kier molecular flexibility index (Phi) is 3.44. The van der Waals surface area contributed by atoms with Crippen molar-refractivity contribution in [2.45, 2.75) is 24.4 Å². The van der Waals surface area contributed by atoms with E-state index in [1.165, 1.54) is 0 Å². The van der Waals surface area contributed by atoms with E-state index in [0.717, 1.165) is 22.2 Å². The number of para-hydroxylation sites is 1. The molecule has 0 amide bonds. The van der Waals surface area contributed by atoms with E-state index in [1.54, 1.807) is 24.5 Å². The maximum Gasteiger partial charge on any atom is 0.234 e. The number of ether oxygens (including phenoxy) is 1. The number of allylic oxidation sites excluding steroid dienone is 1. The third-order valence-corrected chi connectivity index (χ3v) is 7.04. The summed E-state index contributed by atoms with van der Waals surface area (Å²) in [5.41, 5.74) is 2.49. The Bertz CT molecular complexity index is 1170. The van der Waals surface area contributed by atoms with Crippen LogP contribution >= 0.6 is 0 Å². The second kappa shape index (κ2) is 5.84. The van der Waals surface area contributed by atoms with Crippen LogP contribution in [0.4, 0.5) is 0 Å². The molecule has 2 aliphatic carbocycles. The van der Waals surface area contributed by atoms with Crippen molar-refractivity contribution < 1.29 is 14.6 Å². The summed E-state index contributed by atoms with van der Waals surface area (Å²) >= 11 is 0. The Hall–Kier alpha value is -2.83. The Morgan fingerprint density at radius 1 is 1.24 bits per heavy atom. The lowest BCUT2D eigenvalue weighted by molar-refractivity contribution is -0.151. The van der Waals surface area contributed by atoms with Gasteiger partial charge in [0.1, 0.15) is 0 Å². The summed E-state index contributed by atoms with van der Waals surface area (Å²) in [6.45, 7) is 2.54. The highest BCUT2D eigenvalue weighted by atomic mass is 16.5. The number of ketones is 1. The smallest absolute Gasteiger partial charge is 0.234 e. The summed E-state index contributed by atoms with van der Waals surface area (Å²) in [5, 5.41) is 11.4. The molecule has 6 rings (SSSR count). The highest BCUT2D eigenvalue weighted by molar-refractivity contribution is 6.02. The quantitative estimate of drug-likeness (QED) is 0.732. The van der Waals surface area contributed by atoms with Crippen LogP contribution in [0.1, 0.15) is 30.0 Å². The molecule has 1 N–H and O–H groups in total. The van der Waals surface area contributed by atoms with Crippen LogP contribution in [0.2, 0.25) is 0 Å². The summed E-state index contributed by atoms with van der Waals surface area (Å²) in [5.74, 6) is 0.128. The highest BCUT2D eigenvalue weighted by Gasteiger charge is 2.59. The van der Waals surface area contributed by atoms with E-state index >= 15 is 0 Å². The minimum absolute atomic E-state index is 0.0164. The molecule has 5 atom stereocenters. The second-order valence-electron chi connectivity index (χ2n) is 8.39. The van der Waals surface area contributed by atoms with E-state index in [1.807, 2.05) is 31.2 Å². The van der Waals surface area contributed by atoms with Crippen LogP contribution in [0.25, 0.3) is 16.9 Å². The van der Waals surface area contributed by atoms with Gasteiger partial charge in [0.25, 0.3) is 0 Å². The number of fused-ring (bicyclic) bond motifs is 6. The summed E-state index contributed by atoms with van der Waals surface area (Å²) in [4.78, 5) is 22.2. The van der Waals surface area contributed by atoms with Crippen molar-refractivity contribution in [1.29, 1.82) is 0 Å². The molecule has 1 fully saturated rings. The van der Waals surface area contributed by atoms with Crippen LogP contribution in [-0.2, 0) is 9.53 Å². The molecule has 3 aromatic rings. The van der Waals surface area contributed by atoms with E-state index < -0.39 is 5.60 Å². The minimum Gasteiger partial charge on any atom is -0.396 e. The van der Waals surface area contributed by atoms with Gasteiger partial charge in [-0.1, -0.05) is 18.2 Å². The zero-order chi connectivity index (χ0) is 19.8. The summed E-state index contributed by atoms with van der Waals surface area (Å²) in [7, 11) is 0. The largest absolute Gasteiger partial charge is 0.396 e. The normalized spacial score (nSPS) is 32.4. The number of aliphatic hydroxyl groups is 1. The van der Waals surface area contributed by atoms with E-state index in [-0.39, 0.29) is 36.1 Å². The molecular weight excluding hydrogens is 366 g/mol. The zero-order valence-corrected chi connectivity index (χ0v) is 16.0. The van der Waals surface area contributed by atoms with Crippen molar-refractivity contribution in [3.8, 4) is 5.95 Å². The molecule has 3 heterocycles. The number of aromatic nitrogens is 3. The van der Waals surface area contributed by atoms with E-state index in [2.05, 4.69) is 20.6 Å². The van der Waals surface area contributed by atoms with Gasteiger partial charge >= 0.3 is 0 Å². The molecule has 2 bridgehead atoms. The van der Waals surface area contributed by atoms with Crippen molar-refractivity contribution in [1.82, 2.24) is 14.5 Å². The SMILES string of the molecule is CC12C=CC(=O)C3c4c(n(-c5ncccn5)c5ccccc45)C(CO1)C(CO)C32. The lowest BCUT2D eigenvalue weighted by Crippen LogP contribution is -2.57. The number of benzene rings is 1. The number of rotatable bonds is 2. The summed E-state index contributed by atoms with van der Waals surface area (Å²) in [6, 6.07) is 9.91. The molecule has 0 radical (unpaired) electrons. The van der Waals surface area contributed by atoms with Gasteiger partial charge in [0.2, 0.25) is 5.95 Å². The number of nitrogens with zero attached hydrogens (tertiary/aromatic N) is 3. The molecule has 0 saturated carbocycles. The van der Waals surface area contributed by atoms with Crippen LogP contribution in [0, 0.1) is 11.8 Å². The van der Waals surface area contributed by atoms with E-state index in [9.17, 15) is 9.90 Å². The molecule has 1 saturated heterocycles. The van der Waals surface area contributed by atoms with Gasteiger partial charge in [0.05, 0.1) is 23.6 Å².